The zero-order valence-electron chi connectivity index (χ0n) is 12.8. The minimum Gasteiger partial charge on any atom is -0.504 e. The van der Waals surface area contributed by atoms with Crippen LogP contribution in [-0.4, -0.2) is 35.3 Å². The summed E-state index contributed by atoms with van der Waals surface area (Å²) in [6.07, 6.45) is 6.46. The Labute approximate surface area is 152 Å². The number of phenols is 1. The number of hydrogen-bond acceptors (Lipinski definition) is 5. The molecule has 1 aromatic carbocycles. The van der Waals surface area contributed by atoms with Gasteiger partial charge in [-0.25, -0.2) is 0 Å². The summed E-state index contributed by atoms with van der Waals surface area (Å²) in [7, 11) is 1.46. The fourth-order valence-corrected chi connectivity index (χ4v) is 4.57. The molecule has 6 nitrogen and oxygen atoms in total. The largest absolute Gasteiger partial charge is 0.504 e. The molecule has 2 bridgehead atoms. The van der Waals surface area contributed by atoms with Crippen molar-refractivity contribution in [1.82, 2.24) is 5.01 Å². The van der Waals surface area contributed by atoms with Gasteiger partial charge in [0.05, 0.1) is 28.7 Å². The molecule has 0 aromatic heterocycles. The molecule has 4 rings (SSSR count). The number of allylic oxidation sites excluding steroid dienone is 2. The van der Waals surface area contributed by atoms with Crippen molar-refractivity contribution in [1.29, 1.82) is 0 Å². The summed E-state index contributed by atoms with van der Waals surface area (Å²) in [4.78, 5) is 25.1. The maximum absolute atomic E-state index is 12.5. The summed E-state index contributed by atoms with van der Waals surface area (Å²) in [5, 5.41) is 15.0. The van der Waals surface area contributed by atoms with Crippen LogP contribution in [0.1, 0.15) is 12.0 Å². The summed E-state index contributed by atoms with van der Waals surface area (Å²) in [6.45, 7) is 0. The van der Waals surface area contributed by atoms with Gasteiger partial charge >= 0.3 is 0 Å². The highest BCUT2D eigenvalue weighted by atomic mass is 127. The lowest BCUT2D eigenvalue weighted by Crippen LogP contribution is -2.28. The maximum atomic E-state index is 12.5. The molecule has 24 heavy (non-hydrogen) atoms. The number of carbonyl (C=O) groups is 2. The molecule has 2 fully saturated rings. The van der Waals surface area contributed by atoms with Gasteiger partial charge in [-0.15, -0.1) is 0 Å². The number of hydrogen-bond donors (Lipinski definition) is 1. The predicted molar refractivity (Wildman–Crippen MR) is 94.5 cm³/mol. The molecule has 3 aliphatic rings. The Morgan fingerprint density at radius 3 is 2.46 bits per heavy atom. The van der Waals surface area contributed by atoms with Gasteiger partial charge in [0.25, 0.3) is 11.8 Å². The molecule has 0 radical (unpaired) electrons. The van der Waals surface area contributed by atoms with Crippen molar-refractivity contribution in [3.63, 3.8) is 0 Å². The molecule has 1 heterocycles. The topological polar surface area (TPSA) is 79.2 Å². The van der Waals surface area contributed by atoms with E-state index in [-0.39, 0.29) is 41.2 Å². The van der Waals surface area contributed by atoms with Crippen LogP contribution < -0.4 is 4.74 Å². The first-order chi connectivity index (χ1) is 11.5. The number of phenolic OH excluding ortho intramolecular Hbond substituents is 1. The van der Waals surface area contributed by atoms with Crippen LogP contribution in [-0.2, 0) is 9.59 Å². The molecule has 4 unspecified atom stereocenters. The Bertz CT molecular complexity index is 774. The highest BCUT2D eigenvalue weighted by Crippen LogP contribution is 2.52. The number of nitrogens with zero attached hydrogens (tertiary/aromatic N) is 2. The number of imide groups is 1. The molecule has 2 aliphatic carbocycles. The fourth-order valence-electron chi connectivity index (χ4n) is 3.95. The third-order valence-electron chi connectivity index (χ3n) is 5.04. The Hall–Kier alpha value is -1.90. The zero-order chi connectivity index (χ0) is 17.0. The van der Waals surface area contributed by atoms with E-state index in [1.165, 1.54) is 13.3 Å². The van der Waals surface area contributed by atoms with E-state index in [0.717, 1.165) is 11.4 Å². The fraction of sp³-hybridized carbons (Fsp3) is 0.353. The van der Waals surface area contributed by atoms with Crippen molar-refractivity contribution in [3.8, 4) is 11.5 Å². The summed E-state index contributed by atoms with van der Waals surface area (Å²) in [6, 6.07) is 3.32. The van der Waals surface area contributed by atoms with Crippen LogP contribution >= 0.6 is 22.6 Å². The molecule has 2 amide bonds. The summed E-state index contributed by atoms with van der Waals surface area (Å²) in [5.41, 5.74) is 0.646. The molecule has 1 N–H and O–H groups in total. The van der Waals surface area contributed by atoms with Crippen molar-refractivity contribution in [3.05, 3.63) is 33.4 Å². The van der Waals surface area contributed by atoms with Gasteiger partial charge in [-0.2, -0.15) is 10.1 Å². The normalized spacial score (nSPS) is 30.7. The lowest BCUT2D eigenvalue weighted by molar-refractivity contribution is -0.140. The van der Waals surface area contributed by atoms with Crippen LogP contribution in [0.15, 0.2) is 29.4 Å². The number of amides is 2. The molecule has 1 saturated carbocycles. The smallest absolute Gasteiger partial charge is 0.254 e. The monoisotopic (exact) mass is 438 g/mol. The second-order valence-electron chi connectivity index (χ2n) is 6.29. The second kappa shape index (κ2) is 5.58. The van der Waals surface area contributed by atoms with Gasteiger partial charge in [0.1, 0.15) is 0 Å². The first kappa shape index (κ1) is 15.6. The van der Waals surface area contributed by atoms with Gasteiger partial charge in [0.2, 0.25) is 0 Å². The number of methoxy groups -OCH3 is 1. The van der Waals surface area contributed by atoms with E-state index in [1.807, 2.05) is 22.6 Å². The van der Waals surface area contributed by atoms with Gasteiger partial charge in [0, 0.05) is 0 Å². The summed E-state index contributed by atoms with van der Waals surface area (Å²) >= 11 is 1.98. The van der Waals surface area contributed by atoms with Gasteiger partial charge in [-0.05, 0) is 58.5 Å². The van der Waals surface area contributed by atoms with Crippen molar-refractivity contribution in [2.75, 3.05) is 7.11 Å². The van der Waals surface area contributed by atoms with Gasteiger partial charge < -0.3 is 9.84 Å². The number of rotatable bonds is 3. The number of carbonyl (C=O) groups excluding carboxylic acids is 2. The van der Waals surface area contributed by atoms with E-state index in [4.69, 9.17) is 4.74 Å². The quantitative estimate of drug-likeness (QED) is 0.340. The lowest BCUT2D eigenvalue weighted by Gasteiger charge is -2.13. The average Bonchev–Trinajstić information content (AvgIpc) is 3.23. The molecule has 0 spiro atoms. The van der Waals surface area contributed by atoms with Crippen LogP contribution in [0.4, 0.5) is 0 Å². The number of hydrazone groups is 1. The van der Waals surface area contributed by atoms with E-state index in [0.29, 0.717) is 14.9 Å². The summed E-state index contributed by atoms with van der Waals surface area (Å²) < 4.78 is 5.71. The molecule has 124 valence electrons. The van der Waals surface area contributed by atoms with Crippen LogP contribution in [0.3, 0.4) is 0 Å². The number of benzene rings is 1. The Morgan fingerprint density at radius 2 is 1.88 bits per heavy atom. The summed E-state index contributed by atoms with van der Waals surface area (Å²) in [5.74, 6) is -0.199. The average molecular weight is 438 g/mol. The first-order valence-electron chi connectivity index (χ1n) is 7.68. The third kappa shape index (κ3) is 2.17. The van der Waals surface area contributed by atoms with E-state index in [2.05, 4.69) is 17.3 Å². The van der Waals surface area contributed by atoms with E-state index in [1.54, 1.807) is 12.1 Å². The molecule has 4 atom stereocenters. The number of ether oxygens (including phenoxy) is 1. The molecular weight excluding hydrogens is 423 g/mol. The Kier molecular flexibility index (Phi) is 3.63. The molecule has 1 aliphatic heterocycles. The van der Waals surface area contributed by atoms with Crippen LogP contribution in [0.5, 0.6) is 11.5 Å². The zero-order valence-corrected chi connectivity index (χ0v) is 15.0. The number of fused-ring (bicyclic) bond motifs is 5. The van der Waals surface area contributed by atoms with Crippen LogP contribution in [0.2, 0.25) is 0 Å². The van der Waals surface area contributed by atoms with Crippen LogP contribution in [0.25, 0.3) is 0 Å². The van der Waals surface area contributed by atoms with Gasteiger partial charge in [-0.1, -0.05) is 12.2 Å². The number of aromatic hydroxyl groups is 1. The first-order valence-corrected chi connectivity index (χ1v) is 8.75. The van der Waals surface area contributed by atoms with Crippen molar-refractivity contribution < 1.29 is 19.4 Å². The number of halogens is 1. The van der Waals surface area contributed by atoms with E-state index in [9.17, 15) is 14.7 Å². The maximum Gasteiger partial charge on any atom is 0.254 e. The lowest BCUT2D eigenvalue weighted by atomic mass is 9.85. The predicted octanol–water partition coefficient (Wildman–Crippen LogP) is 2.15. The molecular formula is C17H15IN2O4. The molecule has 1 aromatic rings. The third-order valence-corrected chi connectivity index (χ3v) is 5.86. The van der Waals surface area contributed by atoms with Crippen molar-refractivity contribution >= 4 is 40.6 Å². The highest BCUT2D eigenvalue weighted by Gasteiger charge is 2.59. The second-order valence-corrected chi connectivity index (χ2v) is 7.45. The van der Waals surface area contributed by atoms with Crippen molar-refractivity contribution in [2.24, 2.45) is 28.8 Å². The van der Waals surface area contributed by atoms with E-state index < -0.39 is 0 Å². The SMILES string of the molecule is COc1cc(/C=N/N2C(=O)C3C4C=CC(C4)C3C2=O)cc(I)c1O. The Morgan fingerprint density at radius 1 is 1.25 bits per heavy atom. The standard InChI is InChI=1S/C17H15IN2O4/c1-24-12-5-8(4-11(18)15(12)21)7-19-20-16(22)13-9-2-3-10(6-9)14(13)17(20)23/h2-5,7,9-10,13-14,21H,6H2,1H3/b19-7+. The van der Waals surface area contributed by atoms with Crippen molar-refractivity contribution in [2.45, 2.75) is 6.42 Å². The Balaban J connectivity index is 1.60. The minimum atomic E-state index is -0.251. The highest BCUT2D eigenvalue weighted by molar-refractivity contribution is 14.1. The molecule has 1 saturated heterocycles. The van der Waals surface area contributed by atoms with Gasteiger partial charge in [0.15, 0.2) is 11.5 Å². The molecule has 7 heteroatoms. The van der Waals surface area contributed by atoms with Gasteiger partial charge in [-0.3, -0.25) is 9.59 Å². The minimum absolute atomic E-state index is 0.0563. The van der Waals surface area contributed by atoms with E-state index >= 15 is 0 Å². The van der Waals surface area contributed by atoms with Crippen LogP contribution in [0, 0.1) is 27.2 Å².